The summed E-state index contributed by atoms with van der Waals surface area (Å²) in [6, 6.07) is 0. The number of hydrogen-bond acceptors (Lipinski definition) is 8. The van der Waals surface area contributed by atoms with Gasteiger partial charge in [0.2, 0.25) is 5.79 Å². The summed E-state index contributed by atoms with van der Waals surface area (Å²) < 4.78 is 11.5. The zero-order valence-corrected chi connectivity index (χ0v) is 22.7. The maximum absolute atomic E-state index is 13.1. The summed E-state index contributed by atoms with van der Waals surface area (Å²) in [5.74, 6) is -1.69. The van der Waals surface area contributed by atoms with Crippen molar-refractivity contribution >= 4 is 23.1 Å². The number of carbonyl (C=O) groups is 2. The number of nitrogens with zero attached hydrogens (tertiary/aromatic N) is 1. The Kier molecular flexibility index (Phi) is 7.25. The number of ketones is 1. The van der Waals surface area contributed by atoms with Crippen LogP contribution in [0.25, 0.3) is 0 Å². The fraction of sp³-hybridized carbons (Fsp3) is 0.815. The van der Waals surface area contributed by atoms with E-state index < -0.39 is 40.9 Å². The Balaban J connectivity index is 1.57. The number of carbonyl (C=O) groups excluding carboxylic acids is 2. The van der Waals surface area contributed by atoms with Gasteiger partial charge in [-0.05, 0) is 38.5 Å². The lowest BCUT2D eigenvalue weighted by Crippen LogP contribution is -2.48. The van der Waals surface area contributed by atoms with Crippen LogP contribution in [0.4, 0.5) is 0 Å². The van der Waals surface area contributed by atoms with Gasteiger partial charge in [-0.3, -0.25) is 9.59 Å². The summed E-state index contributed by atoms with van der Waals surface area (Å²) in [7, 11) is 0. The fourth-order valence-electron chi connectivity index (χ4n) is 6.06. The van der Waals surface area contributed by atoms with E-state index in [0.717, 1.165) is 30.0 Å². The molecule has 3 fully saturated rings. The first-order valence-electron chi connectivity index (χ1n) is 13.0. The first kappa shape index (κ1) is 26.7. The lowest BCUT2D eigenvalue weighted by Gasteiger charge is -2.32. The molecule has 1 aromatic rings. The number of epoxide rings is 1. The van der Waals surface area contributed by atoms with Crippen LogP contribution in [0.15, 0.2) is 5.38 Å². The van der Waals surface area contributed by atoms with Crippen LogP contribution in [0.3, 0.4) is 0 Å². The zero-order valence-electron chi connectivity index (χ0n) is 21.9. The minimum Gasteiger partial charge on any atom is -0.459 e. The predicted octanol–water partition coefficient (Wildman–Crippen LogP) is 4.53. The van der Waals surface area contributed by atoms with Crippen molar-refractivity contribution in [3.63, 3.8) is 0 Å². The number of cyclic esters (lactones) is 1. The van der Waals surface area contributed by atoms with Crippen LogP contribution < -0.4 is 0 Å². The van der Waals surface area contributed by atoms with E-state index in [4.69, 9.17) is 9.47 Å². The van der Waals surface area contributed by atoms with Crippen LogP contribution in [-0.4, -0.2) is 51.0 Å². The Hall–Kier alpha value is -1.35. The second-order valence-corrected chi connectivity index (χ2v) is 13.3. The van der Waals surface area contributed by atoms with Gasteiger partial charge in [0.15, 0.2) is 0 Å². The molecule has 2 aliphatic heterocycles. The van der Waals surface area contributed by atoms with Crippen LogP contribution >= 0.6 is 11.3 Å². The summed E-state index contributed by atoms with van der Waals surface area (Å²) >= 11 is 1.57. The molecular weight excluding hydrogens is 466 g/mol. The standard InChI is InChI=1S/C27H41NO6S/c1-15-8-7-9-20-27(32,34-20)23(31)24(26(6)13-18(26)19-14-35-17(3)28-19)33-21(29)10-11-25(4,5)22(30)16(2)12-15/h14-16,18,20,23-24,31-32H,7-13H2,1-6H3. The Morgan fingerprint density at radius 2 is 1.89 bits per heavy atom. The van der Waals surface area contributed by atoms with Gasteiger partial charge in [0.05, 0.1) is 10.7 Å². The van der Waals surface area contributed by atoms with E-state index >= 15 is 0 Å². The molecule has 8 unspecified atom stereocenters. The molecule has 0 aromatic carbocycles. The number of fused-ring (bicyclic) bond motifs is 1. The van der Waals surface area contributed by atoms with Gasteiger partial charge < -0.3 is 19.7 Å². The number of aromatic nitrogens is 1. The van der Waals surface area contributed by atoms with Gasteiger partial charge >= 0.3 is 5.97 Å². The molecule has 1 aromatic heterocycles. The fourth-order valence-corrected chi connectivity index (χ4v) is 6.73. The number of Topliss-reactive ketones (excluding diaryl/α,β-unsaturated/α-hetero) is 1. The summed E-state index contributed by atoms with van der Waals surface area (Å²) in [5.41, 5.74) is -0.266. The minimum atomic E-state index is -1.71. The average Bonchev–Trinajstić information content (AvgIpc) is 3.60. The van der Waals surface area contributed by atoms with Crippen LogP contribution in [0, 0.1) is 29.6 Å². The number of aliphatic hydroxyl groups excluding tert-OH is 1. The minimum absolute atomic E-state index is 0.0333. The van der Waals surface area contributed by atoms with Gasteiger partial charge in [-0.15, -0.1) is 11.3 Å². The molecule has 7 nitrogen and oxygen atoms in total. The molecule has 3 heterocycles. The molecular formula is C27H41NO6S. The van der Waals surface area contributed by atoms with Crippen molar-refractivity contribution < 1.29 is 29.3 Å². The molecule has 2 saturated heterocycles. The van der Waals surface area contributed by atoms with E-state index in [0.29, 0.717) is 25.2 Å². The Labute approximate surface area is 212 Å². The summed E-state index contributed by atoms with van der Waals surface area (Å²) in [5, 5.41) is 25.4. The topological polar surface area (TPSA) is 109 Å². The smallest absolute Gasteiger partial charge is 0.306 e. The van der Waals surface area contributed by atoms with Gasteiger partial charge in [-0.25, -0.2) is 4.98 Å². The van der Waals surface area contributed by atoms with Gasteiger partial charge in [0.1, 0.15) is 24.1 Å². The predicted molar refractivity (Wildman–Crippen MR) is 133 cm³/mol. The SMILES string of the molecule is Cc1nc(C2CC2(C)C2OC(=O)CCC(C)(C)C(=O)C(C)CC(C)CCCC3OC3(O)C2O)cs1. The third kappa shape index (κ3) is 5.36. The molecule has 196 valence electrons. The molecule has 0 bridgehead atoms. The second kappa shape index (κ2) is 9.51. The number of aryl methyl sites for hydroxylation is 1. The van der Waals surface area contributed by atoms with E-state index in [9.17, 15) is 19.8 Å². The Bertz CT molecular complexity index is 961. The molecule has 0 spiro atoms. The van der Waals surface area contributed by atoms with Crippen LogP contribution in [0.2, 0.25) is 0 Å². The van der Waals surface area contributed by atoms with E-state index in [1.807, 2.05) is 40.0 Å². The van der Waals surface area contributed by atoms with Gasteiger partial charge in [-0.1, -0.05) is 47.5 Å². The summed E-state index contributed by atoms with van der Waals surface area (Å²) in [6.07, 6.45) is 1.53. The lowest BCUT2D eigenvalue weighted by atomic mass is 9.75. The first-order valence-corrected chi connectivity index (χ1v) is 13.9. The molecule has 8 atom stereocenters. The number of hydrogen-bond donors (Lipinski definition) is 2. The molecule has 0 amide bonds. The number of esters is 1. The first-order chi connectivity index (χ1) is 16.3. The van der Waals surface area contributed by atoms with Crippen molar-refractivity contribution in [3.05, 3.63) is 16.1 Å². The van der Waals surface area contributed by atoms with E-state index in [1.165, 1.54) is 0 Å². The summed E-state index contributed by atoms with van der Waals surface area (Å²) in [4.78, 5) is 30.8. The summed E-state index contributed by atoms with van der Waals surface area (Å²) in [6.45, 7) is 11.8. The number of ether oxygens (including phenoxy) is 2. The van der Waals surface area contributed by atoms with Crippen molar-refractivity contribution in [1.82, 2.24) is 4.98 Å². The number of thiazole rings is 1. The Morgan fingerprint density at radius 1 is 1.17 bits per heavy atom. The molecule has 0 radical (unpaired) electrons. The molecule has 8 heteroatoms. The van der Waals surface area contributed by atoms with Crippen LogP contribution in [0.1, 0.15) is 96.2 Å². The monoisotopic (exact) mass is 507 g/mol. The van der Waals surface area contributed by atoms with Crippen LogP contribution in [-0.2, 0) is 19.1 Å². The maximum Gasteiger partial charge on any atom is 0.306 e. The molecule has 4 rings (SSSR count). The highest BCUT2D eigenvalue weighted by molar-refractivity contribution is 7.09. The largest absolute Gasteiger partial charge is 0.459 e. The van der Waals surface area contributed by atoms with Gasteiger partial charge in [0, 0.05) is 34.5 Å². The van der Waals surface area contributed by atoms with E-state index in [-0.39, 0.29) is 24.0 Å². The highest BCUT2D eigenvalue weighted by atomic mass is 32.1. The highest BCUT2D eigenvalue weighted by Crippen LogP contribution is 2.64. The average molecular weight is 508 g/mol. The molecule has 2 N–H and O–H groups in total. The second-order valence-electron chi connectivity index (χ2n) is 12.2. The van der Waals surface area contributed by atoms with Crippen molar-refractivity contribution in [2.45, 2.75) is 117 Å². The van der Waals surface area contributed by atoms with Crippen molar-refractivity contribution in [2.24, 2.45) is 22.7 Å². The van der Waals surface area contributed by atoms with Crippen molar-refractivity contribution in [3.8, 4) is 0 Å². The van der Waals surface area contributed by atoms with E-state index in [1.54, 1.807) is 11.3 Å². The Morgan fingerprint density at radius 3 is 2.54 bits per heavy atom. The highest BCUT2D eigenvalue weighted by Gasteiger charge is 2.69. The van der Waals surface area contributed by atoms with E-state index in [2.05, 4.69) is 11.9 Å². The van der Waals surface area contributed by atoms with Crippen molar-refractivity contribution in [1.29, 1.82) is 0 Å². The van der Waals surface area contributed by atoms with Gasteiger partial charge in [-0.2, -0.15) is 0 Å². The third-order valence-corrected chi connectivity index (χ3v) is 9.41. The normalized spacial score (nSPS) is 42.7. The van der Waals surface area contributed by atoms with Crippen LogP contribution in [0.5, 0.6) is 0 Å². The molecule has 1 aliphatic carbocycles. The number of aliphatic hydroxyl groups is 2. The molecule has 3 aliphatic rings. The molecule has 35 heavy (non-hydrogen) atoms. The third-order valence-electron chi connectivity index (χ3n) is 8.62. The molecule has 1 saturated carbocycles. The number of rotatable bonds is 2. The lowest BCUT2D eigenvalue weighted by molar-refractivity contribution is -0.180. The van der Waals surface area contributed by atoms with Crippen molar-refractivity contribution in [2.75, 3.05) is 0 Å². The quantitative estimate of drug-likeness (QED) is 0.447. The van der Waals surface area contributed by atoms with Gasteiger partial charge in [0.25, 0.3) is 0 Å². The maximum atomic E-state index is 13.1. The zero-order chi connectivity index (χ0) is 25.8.